The van der Waals surface area contributed by atoms with Crippen LogP contribution < -0.4 is 4.72 Å². The molecule has 0 saturated carbocycles. The maximum Gasteiger partial charge on any atom is 0.511 e. The van der Waals surface area contributed by atoms with Gasteiger partial charge in [-0.05, 0) is 51.1 Å². The molecule has 3 aromatic rings. The van der Waals surface area contributed by atoms with Crippen LogP contribution in [0.25, 0.3) is 16.9 Å². The summed E-state index contributed by atoms with van der Waals surface area (Å²) in [6.07, 6.45) is -7.79. The van der Waals surface area contributed by atoms with E-state index in [4.69, 9.17) is 9.47 Å². The number of carbonyl (C=O) groups is 2. The van der Waals surface area contributed by atoms with E-state index in [1.165, 1.54) is 17.1 Å². The van der Waals surface area contributed by atoms with Crippen LogP contribution in [0.3, 0.4) is 0 Å². The maximum absolute atomic E-state index is 13.5. The Hall–Kier alpha value is -5.07. The molecule has 1 fully saturated rings. The van der Waals surface area contributed by atoms with Crippen LogP contribution in [0.15, 0.2) is 64.8 Å². The van der Waals surface area contributed by atoms with Gasteiger partial charge < -0.3 is 24.3 Å². The lowest BCUT2D eigenvalue weighted by Crippen LogP contribution is -2.43. The van der Waals surface area contributed by atoms with Crippen molar-refractivity contribution in [2.24, 2.45) is 5.28 Å². The van der Waals surface area contributed by atoms with Gasteiger partial charge in [0.2, 0.25) is 5.28 Å². The third-order valence-electron chi connectivity index (χ3n) is 6.58. The van der Waals surface area contributed by atoms with Crippen LogP contribution in [0.4, 0.5) is 22.8 Å². The van der Waals surface area contributed by atoms with Gasteiger partial charge in [0, 0.05) is 18.4 Å². The summed E-state index contributed by atoms with van der Waals surface area (Å²) >= 11 is 0. The molecule has 1 aromatic heterocycles. The Morgan fingerprint density at radius 3 is 2.34 bits per heavy atom. The number of aromatic nitrogens is 2. The normalized spacial score (nSPS) is 14.5. The highest BCUT2D eigenvalue weighted by molar-refractivity contribution is 7.90. The summed E-state index contributed by atoms with van der Waals surface area (Å²) in [5.41, 5.74) is 0.533. The number of carbonyl (C=O) groups excluding carboxylic acids is 2. The Kier molecular flexibility index (Phi) is 10.8. The lowest BCUT2D eigenvalue weighted by molar-refractivity contribution is -0.714. The minimum Gasteiger partial charge on any atom is -0.569 e. The van der Waals surface area contributed by atoms with E-state index >= 15 is 0 Å². The molecule has 0 spiro atoms. The molecule has 15 nitrogen and oxygen atoms in total. The molecule has 0 radical (unpaired) electrons. The molecule has 1 aliphatic rings. The van der Waals surface area contributed by atoms with Crippen molar-refractivity contribution in [3.8, 4) is 16.9 Å². The molecular weight excluding hydrogens is 653 g/mol. The zero-order valence-electron chi connectivity index (χ0n) is 25.3. The lowest BCUT2D eigenvalue weighted by Gasteiger charge is -2.27. The first-order valence-corrected chi connectivity index (χ1v) is 15.6. The highest BCUT2D eigenvalue weighted by Gasteiger charge is 2.35. The van der Waals surface area contributed by atoms with Gasteiger partial charge in [-0.15, -0.1) is 5.01 Å². The van der Waals surface area contributed by atoms with E-state index in [0.29, 0.717) is 5.56 Å². The highest BCUT2D eigenvalue weighted by Crippen LogP contribution is 2.33. The quantitative estimate of drug-likeness (QED) is 0.0753. The first kappa shape index (κ1) is 34.8. The van der Waals surface area contributed by atoms with Crippen LogP contribution >= 0.6 is 0 Å². The van der Waals surface area contributed by atoms with E-state index in [0.717, 1.165) is 28.4 Å². The van der Waals surface area contributed by atoms with E-state index < -0.39 is 53.1 Å². The number of benzene rings is 2. The number of ether oxygens (including phenoxy) is 3. The van der Waals surface area contributed by atoms with Crippen molar-refractivity contribution < 1.29 is 55.2 Å². The Morgan fingerprint density at radius 1 is 1.11 bits per heavy atom. The number of nitrogens with zero attached hydrogens (tertiary/aromatic N) is 5. The first-order valence-electron chi connectivity index (χ1n) is 14.1. The molecule has 1 saturated heterocycles. The lowest BCUT2D eigenvalue weighted by atomic mass is 10.1. The van der Waals surface area contributed by atoms with Crippen LogP contribution in [-0.2, 0) is 35.2 Å². The number of aryl methyl sites for hydroxylation is 1. The van der Waals surface area contributed by atoms with Gasteiger partial charge in [-0.3, -0.25) is 0 Å². The first-order chi connectivity index (χ1) is 22.1. The molecule has 47 heavy (non-hydrogen) atoms. The molecule has 0 atom stereocenters. The van der Waals surface area contributed by atoms with Crippen molar-refractivity contribution >= 4 is 22.3 Å². The predicted octanol–water partition coefficient (Wildman–Crippen LogP) is 5.07. The molecule has 254 valence electrons. The number of hydrazine groups is 1. The van der Waals surface area contributed by atoms with E-state index in [1.807, 2.05) is 6.92 Å². The van der Waals surface area contributed by atoms with Crippen LogP contribution in [0.1, 0.15) is 37.9 Å². The monoisotopic (exact) mass is 684 g/mol. The summed E-state index contributed by atoms with van der Waals surface area (Å²) < 4.78 is 83.5. The smallest absolute Gasteiger partial charge is 0.511 e. The van der Waals surface area contributed by atoms with Crippen LogP contribution in [-0.4, -0.2) is 72.5 Å². The second-order valence-corrected chi connectivity index (χ2v) is 12.2. The molecule has 1 amide bonds. The summed E-state index contributed by atoms with van der Waals surface area (Å²) in [4.78, 5) is 28.1. The summed E-state index contributed by atoms with van der Waals surface area (Å²) in [5.74, 6) is 0. The number of hydrogen-bond donors (Lipinski definition) is 1. The van der Waals surface area contributed by atoms with Crippen molar-refractivity contribution in [3.63, 3.8) is 0 Å². The van der Waals surface area contributed by atoms with Crippen molar-refractivity contribution in [1.82, 2.24) is 19.5 Å². The standard InChI is InChI=1S/C28H31F3N6O9S/c1-18(2)45-27(39)43-17-44-34-37(40)35-14-12-22(13-15-35)46-26(38)33-47(41,42)23-10-8-21(9-11-23)36-24(16-25(32-36)28(29,30)31)20-6-4-19(3)5-7-20/h4-11,16,18,22H,12-15,17H2,1-3H3,(H,33,38)/b37-34-. The predicted molar refractivity (Wildman–Crippen MR) is 155 cm³/mol. The van der Waals surface area contributed by atoms with Gasteiger partial charge in [-0.1, -0.05) is 29.8 Å². The topological polar surface area (TPSA) is 177 Å². The fourth-order valence-electron chi connectivity index (χ4n) is 4.31. The number of nitrogens with one attached hydrogen (secondary N) is 1. The van der Waals surface area contributed by atoms with Gasteiger partial charge >= 0.3 is 18.4 Å². The fourth-order valence-corrected chi connectivity index (χ4v) is 5.19. The van der Waals surface area contributed by atoms with Crippen molar-refractivity contribution in [1.29, 1.82) is 0 Å². The fraction of sp³-hybridized carbons (Fsp3) is 0.393. The zero-order chi connectivity index (χ0) is 34.4. The van der Waals surface area contributed by atoms with Gasteiger partial charge in [0.05, 0.1) is 40.4 Å². The molecule has 0 aliphatic carbocycles. The average molecular weight is 685 g/mol. The maximum atomic E-state index is 13.5. The van der Waals surface area contributed by atoms with Gasteiger partial charge in [-0.25, -0.2) is 27.4 Å². The van der Waals surface area contributed by atoms with Crippen molar-refractivity contribution in [2.75, 3.05) is 19.9 Å². The van der Waals surface area contributed by atoms with E-state index in [1.54, 1.807) is 42.8 Å². The minimum absolute atomic E-state index is 0.0762. The molecule has 2 heterocycles. The molecule has 1 N–H and O–H groups in total. The summed E-state index contributed by atoms with van der Waals surface area (Å²) in [5, 5.41) is 20.2. The van der Waals surface area contributed by atoms with Gasteiger partial charge in [0.15, 0.2) is 5.69 Å². The second kappa shape index (κ2) is 14.6. The molecule has 2 aromatic carbocycles. The third-order valence-corrected chi connectivity index (χ3v) is 7.91. The van der Waals surface area contributed by atoms with E-state index in [9.17, 15) is 36.4 Å². The SMILES string of the molecule is Cc1ccc(-c2cc(C(F)(F)F)nn2-c2ccc(S(=O)(=O)NC(=O)OC3CCN(/[N+]([O-])=N/OCOC(=O)OC(C)C)CC3)cc2)cc1. The molecule has 4 rings (SSSR count). The zero-order valence-corrected chi connectivity index (χ0v) is 26.2. The number of sulfonamides is 1. The van der Waals surface area contributed by atoms with E-state index in [2.05, 4.69) is 20.0 Å². The van der Waals surface area contributed by atoms with Crippen molar-refractivity contribution in [3.05, 3.63) is 71.1 Å². The van der Waals surface area contributed by atoms with Gasteiger partial charge in [-0.2, -0.15) is 18.3 Å². The van der Waals surface area contributed by atoms with E-state index in [-0.39, 0.29) is 47.2 Å². The third kappa shape index (κ3) is 9.47. The number of amides is 1. The van der Waals surface area contributed by atoms with Crippen LogP contribution in [0, 0.1) is 12.1 Å². The molecule has 0 bridgehead atoms. The van der Waals surface area contributed by atoms with Gasteiger partial charge in [0.1, 0.15) is 6.10 Å². The Labute approximate surface area is 267 Å². The molecular formula is C28H31F3N6O9S. The summed E-state index contributed by atoms with van der Waals surface area (Å²) in [6.45, 7) is 4.57. The molecule has 0 unspecified atom stereocenters. The number of rotatable bonds is 10. The van der Waals surface area contributed by atoms with Crippen LogP contribution in [0.2, 0.25) is 0 Å². The summed E-state index contributed by atoms with van der Waals surface area (Å²) in [6, 6.07) is 12.4. The number of alkyl halides is 3. The molecule has 19 heteroatoms. The highest BCUT2D eigenvalue weighted by atomic mass is 32.2. The Balaban J connectivity index is 1.33. The largest absolute Gasteiger partial charge is 0.569 e. The molecule has 1 aliphatic heterocycles. The Bertz CT molecular complexity index is 1690. The van der Waals surface area contributed by atoms with Crippen molar-refractivity contribution in [2.45, 2.75) is 56.9 Å². The average Bonchev–Trinajstić information content (AvgIpc) is 3.46. The summed E-state index contributed by atoms with van der Waals surface area (Å²) in [7, 11) is -4.42. The number of halogens is 3. The number of hydrogen-bond acceptors (Lipinski definition) is 11. The second-order valence-electron chi connectivity index (χ2n) is 10.5. The minimum atomic E-state index is -4.71. The van der Waals surface area contributed by atoms with Crippen LogP contribution in [0.5, 0.6) is 0 Å². The Morgan fingerprint density at radius 2 is 1.74 bits per heavy atom. The van der Waals surface area contributed by atoms with Gasteiger partial charge in [0.25, 0.3) is 16.8 Å². The number of piperidine rings is 1.